The number of carboxylic acid groups (broad SMARTS) is 1. The molecule has 1 fully saturated rings. The van der Waals surface area contributed by atoms with E-state index in [0.29, 0.717) is 40.3 Å². The molecular formula is C20H21ClN6O3S. The Balaban J connectivity index is 1.44. The lowest BCUT2D eigenvalue weighted by Crippen LogP contribution is -2.45. The smallest absolute Gasteiger partial charge is 0.348 e. The lowest BCUT2D eigenvalue weighted by molar-refractivity contribution is 0.0702. The fourth-order valence-electron chi connectivity index (χ4n) is 3.62. The molecule has 0 atom stereocenters. The van der Waals surface area contributed by atoms with E-state index in [0.717, 1.165) is 35.4 Å². The van der Waals surface area contributed by atoms with Gasteiger partial charge in [-0.3, -0.25) is 4.79 Å². The van der Waals surface area contributed by atoms with E-state index in [1.807, 2.05) is 18.7 Å². The van der Waals surface area contributed by atoms with Gasteiger partial charge in [0.2, 0.25) is 0 Å². The third-order valence-electron chi connectivity index (χ3n) is 5.31. The number of nitrogens with one attached hydrogen (secondary N) is 2. The zero-order chi connectivity index (χ0) is 22.1. The van der Waals surface area contributed by atoms with Crippen molar-refractivity contribution >= 4 is 39.9 Å². The van der Waals surface area contributed by atoms with Gasteiger partial charge >= 0.3 is 5.97 Å². The zero-order valence-electron chi connectivity index (χ0n) is 17.0. The number of thiazole rings is 1. The second-order valence-corrected chi connectivity index (χ2v) is 8.73. The molecule has 0 bridgehead atoms. The number of aryl methyl sites for hydroxylation is 1. The standard InChI is InChI=1S/C20H21ClN6O3S/c1-10-14(21)11(2)24-15(10)18(28)25-12-4-7-27(8-5-12)20-26-16(17(31-20)19(29)30)13-3-6-22-9-23-13/h3,6,9,12,24H,4-5,7-8H2,1-2H3,(H,25,28)(H,29,30). The van der Waals surface area contributed by atoms with Crippen molar-refractivity contribution in [3.63, 3.8) is 0 Å². The van der Waals surface area contributed by atoms with Crippen LogP contribution in [0.1, 0.15) is 44.3 Å². The van der Waals surface area contributed by atoms with Crippen molar-refractivity contribution in [1.29, 1.82) is 0 Å². The molecule has 1 aliphatic heterocycles. The van der Waals surface area contributed by atoms with Crippen LogP contribution in [-0.4, -0.2) is 56.1 Å². The molecule has 0 aromatic carbocycles. The maximum atomic E-state index is 12.6. The molecule has 1 amide bonds. The normalized spacial score (nSPS) is 14.6. The van der Waals surface area contributed by atoms with Gasteiger partial charge in [-0.2, -0.15) is 0 Å². The number of hydrogen-bond donors (Lipinski definition) is 3. The summed E-state index contributed by atoms with van der Waals surface area (Å²) in [7, 11) is 0. The first-order valence-corrected chi connectivity index (χ1v) is 11.0. The number of nitrogens with zero attached hydrogens (tertiary/aromatic N) is 4. The minimum Gasteiger partial charge on any atom is -0.477 e. The van der Waals surface area contributed by atoms with Gasteiger partial charge in [-0.15, -0.1) is 0 Å². The number of aromatic carboxylic acids is 1. The lowest BCUT2D eigenvalue weighted by Gasteiger charge is -2.32. The fourth-order valence-corrected chi connectivity index (χ4v) is 4.73. The number of halogens is 1. The van der Waals surface area contributed by atoms with Crippen LogP contribution < -0.4 is 10.2 Å². The first kappa shape index (κ1) is 21.3. The van der Waals surface area contributed by atoms with Crippen LogP contribution in [0.2, 0.25) is 5.02 Å². The molecule has 1 saturated heterocycles. The van der Waals surface area contributed by atoms with E-state index >= 15 is 0 Å². The number of amides is 1. The summed E-state index contributed by atoms with van der Waals surface area (Å²) in [4.78, 5) is 42.1. The molecule has 0 aliphatic carbocycles. The van der Waals surface area contributed by atoms with Crippen LogP contribution in [0.4, 0.5) is 5.13 Å². The Bertz CT molecular complexity index is 1120. The van der Waals surface area contributed by atoms with Crippen LogP contribution in [-0.2, 0) is 0 Å². The van der Waals surface area contributed by atoms with Gasteiger partial charge in [0.15, 0.2) is 5.13 Å². The topological polar surface area (TPSA) is 124 Å². The number of carbonyl (C=O) groups excluding carboxylic acids is 1. The molecule has 3 aromatic heterocycles. The molecule has 0 saturated carbocycles. The summed E-state index contributed by atoms with van der Waals surface area (Å²) < 4.78 is 0. The van der Waals surface area contributed by atoms with Gasteiger partial charge in [0.1, 0.15) is 22.6 Å². The van der Waals surface area contributed by atoms with Crippen molar-refractivity contribution in [1.82, 2.24) is 25.3 Å². The minimum atomic E-state index is -1.03. The Morgan fingerprint density at radius 3 is 2.65 bits per heavy atom. The van der Waals surface area contributed by atoms with Gasteiger partial charge in [0, 0.05) is 31.0 Å². The van der Waals surface area contributed by atoms with Crippen molar-refractivity contribution in [3.05, 3.63) is 45.4 Å². The average molecular weight is 461 g/mol. The van der Waals surface area contributed by atoms with Crippen LogP contribution in [0.15, 0.2) is 18.6 Å². The number of anilines is 1. The van der Waals surface area contributed by atoms with E-state index in [1.165, 1.54) is 6.33 Å². The Hall–Kier alpha value is -2.98. The maximum Gasteiger partial charge on any atom is 0.348 e. The van der Waals surface area contributed by atoms with Crippen molar-refractivity contribution in [2.75, 3.05) is 18.0 Å². The summed E-state index contributed by atoms with van der Waals surface area (Å²) in [5, 5.41) is 13.9. The van der Waals surface area contributed by atoms with Gasteiger partial charge in [-0.1, -0.05) is 22.9 Å². The minimum absolute atomic E-state index is 0.0192. The predicted molar refractivity (Wildman–Crippen MR) is 118 cm³/mol. The van der Waals surface area contributed by atoms with E-state index in [-0.39, 0.29) is 16.8 Å². The number of carboxylic acids is 1. The highest BCUT2D eigenvalue weighted by molar-refractivity contribution is 7.17. The van der Waals surface area contributed by atoms with Crippen LogP contribution in [0.3, 0.4) is 0 Å². The van der Waals surface area contributed by atoms with Crippen molar-refractivity contribution in [2.24, 2.45) is 0 Å². The van der Waals surface area contributed by atoms with E-state index < -0.39 is 5.97 Å². The molecule has 3 N–H and O–H groups in total. The van der Waals surface area contributed by atoms with Gasteiger partial charge in [-0.25, -0.2) is 19.7 Å². The number of H-pyrrole nitrogens is 1. The number of aromatic amines is 1. The number of carbonyl (C=O) groups is 2. The highest BCUT2D eigenvalue weighted by Gasteiger charge is 2.27. The summed E-state index contributed by atoms with van der Waals surface area (Å²) in [6.07, 6.45) is 4.38. The monoisotopic (exact) mass is 460 g/mol. The molecule has 162 valence electrons. The molecule has 0 spiro atoms. The van der Waals surface area contributed by atoms with Crippen molar-refractivity contribution < 1.29 is 14.7 Å². The molecule has 4 rings (SSSR count). The van der Waals surface area contributed by atoms with Gasteiger partial charge in [-0.05, 0) is 38.3 Å². The van der Waals surface area contributed by atoms with Gasteiger partial charge < -0.3 is 20.3 Å². The maximum absolute atomic E-state index is 12.6. The number of rotatable bonds is 5. The first-order valence-electron chi connectivity index (χ1n) is 9.76. The third-order valence-corrected chi connectivity index (χ3v) is 6.98. The number of hydrogen-bond acceptors (Lipinski definition) is 7. The van der Waals surface area contributed by atoms with Gasteiger partial charge in [0.25, 0.3) is 5.91 Å². The van der Waals surface area contributed by atoms with Gasteiger partial charge in [0.05, 0.1) is 10.7 Å². The average Bonchev–Trinajstić information content (AvgIpc) is 3.33. The Labute approximate surface area is 187 Å². The lowest BCUT2D eigenvalue weighted by atomic mass is 10.1. The molecule has 1 aliphatic rings. The Morgan fingerprint density at radius 1 is 1.32 bits per heavy atom. The number of piperidine rings is 1. The molecule has 4 heterocycles. The van der Waals surface area contributed by atoms with Crippen LogP contribution in [0, 0.1) is 13.8 Å². The summed E-state index contributed by atoms with van der Waals surface area (Å²) in [6, 6.07) is 1.66. The molecular weight excluding hydrogens is 440 g/mol. The predicted octanol–water partition coefficient (Wildman–Crippen LogP) is 3.30. The quantitative estimate of drug-likeness (QED) is 0.533. The Kier molecular flexibility index (Phi) is 5.92. The molecule has 3 aromatic rings. The van der Waals surface area contributed by atoms with E-state index in [1.54, 1.807) is 12.3 Å². The number of aromatic nitrogens is 4. The third kappa shape index (κ3) is 4.26. The van der Waals surface area contributed by atoms with Crippen LogP contribution in [0.5, 0.6) is 0 Å². The van der Waals surface area contributed by atoms with Crippen LogP contribution in [0.25, 0.3) is 11.4 Å². The second-order valence-electron chi connectivity index (χ2n) is 7.37. The van der Waals surface area contributed by atoms with E-state index in [2.05, 4.69) is 25.3 Å². The van der Waals surface area contributed by atoms with E-state index in [4.69, 9.17) is 11.6 Å². The van der Waals surface area contributed by atoms with Crippen LogP contribution >= 0.6 is 22.9 Å². The molecule has 11 heteroatoms. The summed E-state index contributed by atoms with van der Waals surface area (Å²) in [5.41, 5.74) is 2.84. The molecule has 9 nitrogen and oxygen atoms in total. The first-order chi connectivity index (χ1) is 14.8. The summed E-state index contributed by atoms with van der Waals surface area (Å²) in [6.45, 7) is 4.97. The molecule has 0 unspecified atom stereocenters. The van der Waals surface area contributed by atoms with Crippen molar-refractivity contribution in [2.45, 2.75) is 32.7 Å². The summed E-state index contributed by atoms with van der Waals surface area (Å²) in [5.74, 6) is -1.20. The second kappa shape index (κ2) is 8.64. The molecule has 0 radical (unpaired) electrons. The zero-order valence-corrected chi connectivity index (χ0v) is 18.5. The van der Waals surface area contributed by atoms with Crippen molar-refractivity contribution in [3.8, 4) is 11.4 Å². The SMILES string of the molecule is Cc1[nH]c(C(=O)NC2CCN(c3nc(-c4ccncn4)c(C(=O)O)s3)CC2)c(C)c1Cl. The summed E-state index contributed by atoms with van der Waals surface area (Å²) >= 11 is 7.32. The highest BCUT2D eigenvalue weighted by Crippen LogP contribution is 2.33. The van der Waals surface area contributed by atoms with E-state index in [9.17, 15) is 14.7 Å². The largest absolute Gasteiger partial charge is 0.477 e. The molecule has 31 heavy (non-hydrogen) atoms. The highest BCUT2D eigenvalue weighted by atomic mass is 35.5. The fraction of sp³-hybridized carbons (Fsp3) is 0.350. The Morgan fingerprint density at radius 2 is 2.06 bits per heavy atom.